The van der Waals surface area contributed by atoms with Crippen LogP contribution in [0.25, 0.3) is 10.9 Å². The minimum absolute atomic E-state index is 0.118. The van der Waals surface area contributed by atoms with Crippen molar-refractivity contribution in [2.75, 3.05) is 45.7 Å². The van der Waals surface area contributed by atoms with Gasteiger partial charge < -0.3 is 25.8 Å². The van der Waals surface area contributed by atoms with E-state index in [1.165, 1.54) is 0 Å². The standard InChI is InChI=1S/C26H37FN6O3/c1-3-12-35-17-24(29-2)31-11-9-18-7-8-22-21(13-20(28)15-32-22)25(18)36-16-19(27)14-33-26(34)23-6-4-5-10-30-23/h7-8,11,13,15,19,23,30H,3-6,9-10,12,14,16-17,28H2,1-2H3,(H,33,34). The summed E-state index contributed by atoms with van der Waals surface area (Å²) in [4.78, 5) is 25.2. The number of carbonyl (C=O) groups is 1. The monoisotopic (exact) mass is 500 g/mol. The fourth-order valence-electron chi connectivity index (χ4n) is 3.93. The van der Waals surface area contributed by atoms with Crippen LogP contribution in [0.3, 0.4) is 0 Å². The third-order valence-electron chi connectivity index (χ3n) is 5.84. The van der Waals surface area contributed by atoms with Gasteiger partial charge in [0.25, 0.3) is 0 Å². The minimum atomic E-state index is -1.38. The van der Waals surface area contributed by atoms with Gasteiger partial charge in [-0.25, -0.2) is 9.38 Å². The number of piperidine rings is 1. The summed E-state index contributed by atoms with van der Waals surface area (Å²) in [6, 6.07) is 5.26. The van der Waals surface area contributed by atoms with E-state index >= 15 is 0 Å². The number of anilines is 1. The summed E-state index contributed by atoms with van der Waals surface area (Å²) in [5.41, 5.74) is 7.95. The van der Waals surface area contributed by atoms with Gasteiger partial charge in [0.2, 0.25) is 5.91 Å². The lowest BCUT2D eigenvalue weighted by molar-refractivity contribution is -0.124. The number of nitrogens with zero attached hydrogens (tertiary/aromatic N) is 3. The summed E-state index contributed by atoms with van der Waals surface area (Å²) in [6.45, 7) is 3.50. The fourth-order valence-corrected chi connectivity index (χ4v) is 3.93. The number of pyridine rings is 1. The van der Waals surface area contributed by atoms with Crippen LogP contribution >= 0.6 is 0 Å². The summed E-state index contributed by atoms with van der Waals surface area (Å²) in [7, 11) is 1.67. The summed E-state index contributed by atoms with van der Waals surface area (Å²) in [5.74, 6) is 0.913. The molecule has 36 heavy (non-hydrogen) atoms. The Bertz CT molecular complexity index is 1060. The van der Waals surface area contributed by atoms with E-state index in [0.29, 0.717) is 47.8 Å². The Balaban J connectivity index is 1.66. The average molecular weight is 501 g/mol. The molecule has 1 aliphatic rings. The molecule has 0 bridgehead atoms. The predicted molar refractivity (Wildman–Crippen MR) is 142 cm³/mol. The van der Waals surface area contributed by atoms with Crippen molar-refractivity contribution < 1.29 is 18.7 Å². The summed E-state index contributed by atoms with van der Waals surface area (Å²) >= 11 is 0. The zero-order chi connectivity index (χ0) is 25.8. The maximum absolute atomic E-state index is 14.7. The molecule has 10 heteroatoms. The fraction of sp³-hybridized carbons (Fsp3) is 0.538. The second kappa shape index (κ2) is 14.4. The van der Waals surface area contributed by atoms with Crippen molar-refractivity contribution in [2.24, 2.45) is 9.98 Å². The highest BCUT2D eigenvalue weighted by molar-refractivity contribution is 5.92. The number of aromatic nitrogens is 1. The Kier molecular flexibility index (Phi) is 11.0. The molecule has 2 unspecified atom stereocenters. The van der Waals surface area contributed by atoms with E-state index < -0.39 is 6.17 Å². The van der Waals surface area contributed by atoms with Crippen molar-refractivity contribution >= 4 is 34.5 Å². The van der Waals surface area contributed by atoms with Crippen molar-refractivity contribution in [1.82, 2.24) is 15.6 Å². The molecule has 2 atom stereocenters. The third kappa shape index (κ3) is 8.23. The van der Waals surface area contributed by atoms with Crippen molar-refractivity contribution in [3.8, 4) is 5.75 Å². The van der Waals surface area contributed by atoms with Gasteiger partial charge in [0.1, 0.15) is 24.8 Å². The number of nitrogen functional groups attached to an aromatic ring is 1. The van der Waals surface area contributed by atoms with Crippen molar-refractivity contribution in [3.63, 3.8) is 0 Å². The van der Waals surface area contributed by atoms with Gasteiger partial charge in [0.15, 0.2) is 6.17 Å². The number of hydrogen-bond acceptors (Lipinski definition) is 7. The molecular formula is C26H37FN6O3. The molecule has 0 radical (unpaired) electrons. The van der Waals surface area contributed by atoms with E-state index in [4.69, 9.17) is 15.2 Å². The Morgan fingerprint density at radius 2 is 2.28 bits per heavy atom. The normalized spacial score (nSPS) is 17.4. The summed E-state index contributed by atoms with van der Waals surface area (Å²) < 4.78 is 26.2. The van der Waals surface area contributed by atoms with Crippen LogP contribution in [0.15, 0.2) is 34.4 Å². The minimum Gasteiger partial charge on any atom is -0.489 e. The highest BCUT2D eigenvalue weighted by Gasteiger charge is 2.21. The maximum atomic E-state index is 14.7. The van der Waals surface area contributed by atoms with Gasteiger partial charge >= 0.3 is 0 Å². The zero-order valence-corrected chi connectivity index (χ0v) is 21.1. The van der Waals surface area contributed by atoms with Crippen LogP contribution in [-0.4, -0.2) is 75.1 Å². The predicted octanol–water partition coefficient (Wildman–Crippen LogP) is 2.86. The Hall–Kier alpha value is -3.11. The average Bonchev–Trinajstić information content (AvgIpc) is 2.90. The first-order valence-electron chi connectivity index (χ1n) is 12.5. The Morgan fingerprint density at radius 1 is 1.42 bits per heavy atom. The first-order chi connectivity index (χ1) is 17.5. The van der Waals surface area contributed by atoms with Gasteiger partial charge in [0.05, 0.1) is 30.0 Å². The third-order valence-corrected chi connectivity index (χ3v) is 5.84. The van der Waals surface area contributed by atoms with E-state index in [1.807, 2.05) is 19.1 Å². The lowest BCUT2D eigenvalue weighted by Gasteiger charge is -2.23. The molecular weight excluding hydrogens is 463 g/mol. The van der Waals surface area contributed by atoms with Gasteiger partial charge in [0, 0.05) is 37.2 Å². The second-order valence-electron chi connectivity index (χ2n) is 8.75. The molecule has 1 fully saturated rings. The van der Waals surface area contributed by atoms with Crippen LogP contribution in [0.2, 0.25) is 0 Å². The molecule has 2 aromatic rings. The number of aliphatic imine (C=N–C) groups is 2. The van der Waals surface area contributed by atoms with E-state index in [2.05, 4.69) is 25.6 Å². The highest BCUT2D eigenvalue weighted by Crippen LogP contribution is 2.30. The largest absolute Gasteiger partial charge is 0.489 e. The number of nitrogens with one attached hydrogen (secondary N) is 2. The van der Waals surface area contributed by atoms with Gasteiger partial charge in [-0.05, 0) is 37.9 Å². The van der Waals surface area contributed by atoms with Crippen LogP contribution in [0.4, 0.5) is 10.1 Å². The van der Waals surface area contributed by atoms with E-state index in [9.17, 15) is 9.18 Å². The zero-order valence-electron chi connectivity index (χ0n) is 21.1. The maximum Gasteiger partial charge on any atom is 0.237 e. The molecule has 0 spiro atoms. The van der Waals surface area contributed by atoms with Crippen LogP contribution < -0.4 is 21.1 Å². The number of ether oxygens (including phenoxy) is 2. The lowest BCUT2D eigenvalue weighted by atomic mass is 10.0. The molecule has 1 amide bonds. The number of alkyl halides is 1. The lowest BCUT2D eigenvalue weighted by Crippen LogP contribution is -2.48. The van der Waals surface area contributed by atoms with E-state index in [0.717, 1.165) is 37.8 Å². The van der Waals surface area contributed by atoms with E-state index in [-0.39, 0.29) is 25.1 Å². The van der Waals surface area contributed by atoms with Crippen LogP contribution in [0.1, 0.15) is 38.2 Å². The van der Waals surface area contributed by atoms with Crippen molar-refractivity contribution in [2.45, 2.75) is 51.2 Å². The molecule has 196 valence electrons. The van der Waals surface area contributed by atoms with Crippen LogP contribution in [-0.2, 0) is 16.0 Å². The van der Waals surface area contributed by atoms with Crippen molar-refractivity contribution in [3.05, 3.63) is 30.0 Å². The molecule has 1 aromatic carbocycles. The first kappa shape index (κ1) is 27.5. The van der Waals surface area contributed by atoms with Gasteiger partial charge in [-0.15, -0.1) is 0 Å². The van der Waals surface area contributed by atoms with Gasteiger partial charge in [-0.3, -0.25) is 14.8 Å². The SMILES string of the molecule is CCCOCC(N=CCc1ccc2ncc(N)cc2c1OCC(F)CNC(=O)C1CCCCN1)=NC. The summed E-state index contributed by atoms with van der Waals surface area (Å²) in [5, 5.41) is 6.55. The number of fused-ring (bicyclic) bond motifs is 1. The Morgan fingerprint density at radius 3 is 3.03 bits per heavy atom. The number of nitrogens with two attached hydrogens (primary N) is 1. The Labute approximate surface area is 211 Å². The number of benzene rings is 1. The molecule has 1 aliphatic heterocycles. The molecule has 4 N–H and O–H groups in total. The summed E-state index contributed by atoms with van der Waals surface area (Å²) in [6.07, 6.45) is 6.10. The second-order valence-corrected chi connectivity index (χ2v) is 8.75. The van der Waals surface area contributed by atoms with Gasteiger partial charge in [-0.1, -0.05) is 19.4 Å². The number of carbonyl (C=O) groups excluding carboxylic acids is 1. The highest BCUT2D eigenvalue weighted by atomic mass is 19.1. The van der Waals surface area contributed by atoms with Crippen LogP contribution in [0.5, 0.6) is 5.75 Å². The van der Waals surface area contributed by atoms with E-state index in [1.54, 1.807) is 25.5 Å². The topological polar surface area (TPSA) is 123 Å². The number of rotatable bonds is 12. The molecule has 9 nitrogen and oxygen atoms in total. The van der Waals surface area contributed by atoms with Gasteiger partial charge in [-0.2, -0.15) is 0 Å². The number of amidine groups is 1. The van der Waals surface area contributed by atoms with Crippen molar-refractivity contribution in [1.29, 1.82) is 0 Å². The van der Waals surface area contributed by atoms with Crippen LogP contribution in [0, 0.1) is 0 Å². The quantitative estimate of drug-likeness (QED) is 0.234. The number of amides is 1. The first-order valence-corrected chi connectivity index (χ1v) is 12.5. The molecule has 1 aromatic heterocycles. The smallest absolute Gasteiger partial charge is 0.237 e. The number of halogens is 1. The molecule has 1 saturated heterocycles. The molecule has 0 saturated carbocycles. The molecule has 0 aliphatic carbocycles. The molecule has 3 rings (SSSR count). The molecule has 2 heterocycles. The number of hydrogen-bond donors (Lipinski definition) is 3.